The van der Waals surface area contributed by atoms with Crippen molar-refractivity contribution in [2.75, 3.05) is 6.61 Å². The van der Waals surface area contributed by atoms with Crippen LogP contribution >= 0.6 is 12.2 Å². The van der Waals surface area contributed by atoms with E-state index in [-0.39, 0.29) is 4.99 Å². The van der Waals surface area contributed by atoms with Crippen LogP contribution < -0.4 is 10.5 Å². The summed E-state index contributed by atoms with van der Waals surface area (Å²) in [5.74, 6) is 0. The Kier molecular flexibility index (Phi) is 3.13. The van der Waals surface area contributed by atoms with E-state index in [2.05, 4.69) is 9.97 Å². The van der Waals surface area contributed by atoms with Crippen LogP contribution in [0.3, 0.4) is 0 Å². The van der Waals surface area contributed by atoms with Crippen LogP contribution in [0.1, 0.15) is 18.3 Å². The van der Waals surface area contributed by atoms with Gasteiger partial charge in [0.1, 0.15) is 10.7 Å². The zero-order valence-corrected chi connectivity index (χ0v) is 8.39. The number of rotatable bonds is 3. The topological polar surface area (TPSA) is 61.0 Å². The molecule has 0 atom stereocenters. The van der Waals surface area contributed by atoms with Crippen LogP contribution in [0.5, 0.6) is 6.01 Å². The number of aryl methyl sites for hydroxylation is 1. The normalized spacial score (nSPS) is 9.69. The van der Waals surface area contributed by atoms with E-state index in [1.54, 1.807) is 6.07 Å². The molecule has 13 heavy (non-hydrogen) atoms. The van der Waals surface area contributed by atoms with Gasteiger partial charge in [-0.3, -0.25) is 0 Å². The summed E-state index contributed by atoms with van der Waals surface area (Å²) < 4.78 is 5.14. The number of hydrogen-bond donors (Lipinski definition) is 1. The molecular formula is C8H11N3OS. The van der Waals surface area contributed by atoms with E-state index in [9.17, 15) is 0 Å². The standard InChI is InChI=1S/C8H11N3OS/c1-3-12-8-10-5(2)4-6(11-8)7(9)13/h4H,3H2,1-2H3,(H2,9,13). The number of ether oxygens (including phenoxy) is 1. The third-order valence-corrected chi connectivity index (χ3v) is 1.57. The van der Waals surface area contributed by atoms with Gasteiger partial charge in [0.05, 0.1) is 6.61 Å². The van der Waals surface area contributed by atoms with Gasteiger partial charge in [-0.05, 0) is 19.9 Å². The molecule has 4 nitrogen and oxygen atoms in total. The summed E-state index contributed by atoms with van der Waals surface area (Å²) in [5.41, 5.74) is 6.77. The van der Waals surface area contributed by atoms with Gasteiger partial charge in [-0.1, -0.05) is 12.2 Å². The third-order valence-electron chi connectivity index (χ3n) is 1.36. The van der Waals surface area contributed by atoms with Crippen LogP contribution in [0.2, 0.25) is 0 Å². The van der Waals surface area contributed by atoms with E-state index in [1.807, 2.05) is 13.8 Å². The summed E-state index contributed by atoms with van der Waals surface area (Å²) in [4.78, 5) is 8.34. The van der Waals surface area contributed by atoms with Gasteiger partial charge in [-0.25, -0.2) is 4.98 Å². The van der Waals surface area contributed by atoms with Crippen LogP contribution in [0, 0.1) is 6.92 Å². The molecule has 0 bridgehead atoms. The van der Waals surface area contributed by atoms with Crippen molar-refractivity contribution in [3.8, 4) is 6.01 Å². The van der Waals surface area contributed by atoms with Gasteiger partial charge in [0.2, 0.25) is 0 Å². The minimum atomic E-state index is 0.256. The van der Waals surface area contributed by atoms with Crippen molar-refractivity contribution in [1.82, 2.24) is 9.97 Å². The van der Waals surface area contributed by atoms with Gasteiger partial charge in [-0.2, -0.15) is 4.98 Å². The van der Waals surface area contributed by atoms with Crippen LogP contribution in [0.4, 0.5) is 0 Å². The Morgan fingerprint density at radius 2 is 2.31 bits per heavy atom. The van der Waals surface area contributed by atoms with Crippen molar-refractivity contribution >= 4 is 17.2 Å². The number of hydrogen-bond acceptors (Lipinski definition) is 4. The zero-order chi connectivity index (χ0) is 9.84. The molecule has 0 aliphatic rings. The quantitative estimate of drug-likeness (QED) is 0.727. The molecule has 0 aliphatic heterocycles. The second-order valence-electron chi connectivity index (χ2n) is 2.47. The molecule has 0 aliphatic carbocycles. The van der Waals surface area contributed by atoms with Crippen molar-refractivity contribution < 1.29 is 4.74 Å². The average Bonchev–Trinajstić information content (AvgIpc) is 2.03. The lowest BCUT2D eigenvalue weighted by Crippen LogP contribution is -2.13. The summed E-state index contributed by atoms with van der Waals surface area (Å²) in [6.07, 6.45) is 0. The first kappa shape index (κ1) is 9.85. The maximum atomic E-state index is 5.43. The maximum absolute atomic E-state index is 5.43. The van der Waals surface area contributed by atoms with Gasteiger partial charge in [0.25, 0.3) is 0 Å². The lowest BCUT2D eigenvalue weighted by atomic mass is 10.3. The molecule has 0 unspecified atom stereocenters. The van der Waals surface area contributed by atoms with E-state index < -0.39 is 0 Å². The van der Waals surface area contributed by atoms with Gasteiger partial charge in [-0.15, -0.1) is 0 Å². The monoisotopic (exact) mass is 197 g/mol. The van der Waals surface area contributed by atoms with Crippen molar-refractivity contribution in [3.05, 3.63) is 17.5 Å². The Labute approximate surface area is 82.1 Å². The molecule has 70 valence electrons. The lowest BCUT2D eigenvalue weighted by Gasteiger charge is -2.04. The predicted octanol–water partition coefficient (Wildman–Crippen LogP) is 0.818. The first-order valence-corrected chi connectivity index (χ1v) is 4.32. The second kappa shape index (κ2) is 4.13. The van der Waals surface area contributed by atoms with E-state index in [0.29, 0.717) is 18.3 Å². The summed E-state index contributed by atoms with van der Waals surface area (Å²) in [5, 5.41) is 0. The zero-order valence-electron chi connectivity index (χ0n) is 7.57. The Bertz CT molecular complexity index is 327. The molecule has 0 radical (unpaired) electrons. The molecule has 1 aromatic heterocycles. The Morgan fingerprint density at radius 3 is 2.85 bits per heavy atom. The molecule has 5 heteroatoms. The minimum Gasteiger partial charge on any atom is -0.464 e. The van der Waals surface area contributed by atoms with Gasteiger partial charge < -0.3 is 10.5 Å². The van der Waals surface area contributed by atoms with Crippen molar-refractivity contribution in [1.29, 1.82) is 0 Å². The van der Waals surface area contributed by atoms with Crippen molar-refractivity contribution in [3.63, 3.8) is 0 Å². The highest BCUT2D eigenvalue weighted by Crippen LogP contribution is 2.06. The number of thiocarbonyl (C=S) groups is 1. The van der Waals surface area contributed by atoms with E-state index in [4.69, 9.17) is 22.7 Å². The molecule has 1 heterocycles. The lowest BCUT2D eigenvalue weighted by molar-refractivity contribution is 0.311. The van der Waals surface area contributed by atoms with Gasteiger partial charge >= 0.3 is 6.01 Å². The fourth-order valence-corrected chi connectivity index (χ4v) is 0.966. The summed E-state index contributed by atoms with van der Waals surface area (Å²) in [6.45, 7) is 4.23. The maximum Gasteiger partial charge on any atom is 0.317 e. The minimum absolute atomic E-state index is 0.256. The van der Waals surface area contributed by atoms with Crippen LogP contribution in [0.25, 0.3) is 0 Å². The van der Waals surface area contributed by atoms with Crippen LogP contribution in [-0.2, 0) is 0 Å². The number of aromatic nitrogens is 2. The van der Waals surface area contributed by atoms with Crippen molar-refractivity contribution in [2.45, 2.75) is 13.8 Å². The second-order valence-corrected chi connectivity index (χ2v) is 2.91. The van der Waals surface area contributed by atoms with Gasteiger partial charge in [0, 0.05) is 5.69 Å². The van der Waals surface area contributed by atoms with Crippen molar-refractivity contribution in [2.24, 2.45) is 5.73 Å². The Morgan fingerprint density at radius 1 is 1.62 bits per heavy atom. The van der Waals surface area contributed by atoms with E-state index in [1.165, 1.54) is 0 Å². The molecule has 0 fully saturated rings. The molecule has 0 saturated heterocycles. The molecule has 0 saturated carbocycles. The molecule has 0 spiro atoms. The predicted molar refractivity (Wildman–Crippen MR) is 53.8 cm³/mol. The molecular weight excluding hydrogens is 186 g/mol. The Hall–Kier alpha value is -1.23. The Balaban J connectivity index is 3.03. The van der Waals surface area contributed by atoms with E-state index >= 15 is 0 Å². The van der Waals surface area contributed by atoms with E-state index in [0.717, 1.165) is 5.69 Å². The SMILES string of the molecule is CCOc1nc(C)cc(C(N)=S)n1. The summed E-state index contributed by atoms with van der Waals surface area (Å²) in [7, 11) is 0. The first-order valence-electron chi connectivity index (χ1n) is 3.91. The smallest absolute Gasteiger partial charge is 0.317 e. The van der Waals surface area contributed by atoms with Gasteiger partial charge in [0.15, 0.2) is 0 Å². The molecule has 2 N–H and O–H groups in total. The molecule has 0 amide bonds. The highest BCUT2D eigenvalue weighted by molar-refractivity contribution is 7.80. The largest absolute Gasteiger partial charge is 0.464 e. The first-order chi connectivity index (χ1) is 6.13. The highest BCUT2D eigenvalue weighted by atomic mass is 32.1. The average molecular weight is 197 g/mol. The molecule has 0 aromatic carbocycles. The summed E-state index contributed by atoms with van der Waals surface area (Å²) >= 11 is 4.80. The molecule has 1 aromatic rings. The number of nitrogens with zero attached hydrogens (tertiary/aromatic N) is 2. The summed E-state index contributed by atoms with van der Waals surface area (Å²) in [6, 6.07) is 2.05. The number of nitrogens with two attached hydrogens (primary N) is 1. The fourth-order valence-electron chi connectivity index (χ4n) is 0.861. The van der Waals surface area contributed by atoms with Crippen LogP contribution in [0.15, 0.2) is 6.07 Å². The highest BCUT2D eigenvalue weighted by Gasteiger charge is 2.04. The molecule has 1 rings (SSSR count). The van der Waals surface area contributed by atoms with Crippen LogP contribution in [-0.4, -0.2) is 21.6 Å². The third kappa shape index (κ3) is 2.62. The fraction of sp³-hybridized carbons (Fsp3) is 0.375.